The van der Waals surface area contributed by atoms with E-state index in [0.717, 1.165) is 35.8 Å². The maximum absolute atomic E-state index is 12.6. The van der Waals surface area contributed by atoms with E-state index in [1.54, 1.807) is 0 Å². The summed E-state index contributed by atoms with van der Waals surface area (Å²) >= 11 is 1.44. The van der Waals surface area contributed by atoms with Crippen molar-refractivity contribution >= 4 is 38.3 Å². The second-order valence-electron chi connectivity index (χ2n) is 7.21. The van der Waals surface area contributed by atoms with E-state index in [2.05, 4.69) is 19.2 Å². The van der Waals surface area contributed by atoms with Gasteiger partial charge in [-0.3, -0.25) is 4.79 Å². The molecule has 0 saturated heterocycles. The summed E-state index contributed by atoms with van der Waals surface area (Å²) in [5.41, 5.74) is 0.490. The maximum atomic E-state index is 12.6. The molecule has 1 aromatic heterocycles. The lowest BCUT2D eigenvalue weighted by Gasteiger charge is -2.08. The van der Waals surface area contributed by atoms with Crippen molar-refractivity contribution in [1.82, 2.24) is 0 Å². The minimum absolute atomic E-state index is 0.0253. The molecule has 0 unspecified atom stereocenters. The number of nitrogens with one attached hydrogen (secondary N) is 1. The van der Waals surface area contributed by atoms with Crippen LogP contribution in [0.25, 0.3) is 10.1 Å². The molecule has 0 saturated carbocycles. The second-order valence-corrected chi connectivity index (χ2v) is 8.26. The number of hydrogen-bond acceptors (Lipinski definition) is 4. The average molecular weight is 404 g/mol. The van der Waals surface area contributed by atoms with Crippen LogP contribution in [0.3, 0.4) is 0 Å². The van der Waals surface area contributed by atoms with Crippen molar-refractivity contribution in [2.45, 2.75) is 78.1 Å². The molecule has 1 amide bonds. The van der Waals surface area contributed by atoms with Crippen LogP contribution in [-0.4, -0.2) is 18.5 Å². The highest BCUT2D eigenvalue weighted by atomic mass is 32.1. The molecule has 0 atom stereocenters. The molecule has 154 valence electrons. The number of fused-ring (bicyclic) bond motifs is 1. The Labute approximate surface area is 172 Å². The molecule has 1 N–H and O–H groups in total. The highest BCUT2D eigenvalue weighted by Crippen LogP contribution is 2.36. The van der Waals surface area contributed by atoms with Gasteiger partial charge in [-0.2, -0.15) is 0 Å². The molecule has 0 spiro atoms. The van der Waals surface area contributed by atoms with Gasteiger partial charge in [-0.05, 0) is 18.9 Å². The van der Waals surface area contributed by atoms with Crippen LogP contribution in [0.4, 0.5) is 5.00 Å². The number of ether oxygens (including phenoxy) is 1. The van der Waals surface area contributed by atoms with E-state index in [9.17, 15) is 9.59 Å². The molecule has 0 bridgehead atoms. The van der Waals surface area contributed by atoms with Crippen molar-refractivity contribution in [3.63, 3.8) is 0 Å². The van der Waals surface area contributed by atoms with Gasteiger partial charge in [0.05, 0.1) is 6.61 Å². The Bertz CT molecular complexity index is 753. The van der Waals surface area contributed by atoms with E-state index in [4.69, 9.17) is 4.74 Å². The summed E-state index contributed by atoms with van der Waals surface area (Å²) in [5, 5.41) is 4.42. The third-order valence-corrected chi connectivity index (χ3v) is 5.88. The van der Waals surface area contributed by atoms with Gasteiger partial charge in [0.15, 0.2) is 0 Å². The Balaban J connectivity index is 1.94. The van der Waals surface area contributed by atoms with Gasteiger partial charge >= 0.3 is 5.97 Å². The van der Waals surface area contributed by atoms with E-state index < -0.39 is 0 Å². The van der Waals surface area contributed by atoms with Crippen molar-refractivity contribution in [2.75, 3.05) is 11.9 Å². The van der Waals surface area contributed by atoms with Crippen molar-refractivity contribution in [1.29, 1.82) is 0 Å². The molecule has 2 rings (SSSR count). The predicted molar refractivity (Wildman–Crippen MR) is 118 cm³/mol. The van der Waals surface area contributed by atoms with Gasteiger partial charge in [0.1, 0.15) is 10.6 Å². The number of anilines is 1. The molecule has 0 aliphatic rings. The fourth-order valence-corrected chi connectivity index (χ4v) is 4.26. The average Bonchev–Trinajstić information content (AvgIpc) is 3.05. The Morgan fingerprint density at radius 3 is 2.36 bits per heavy atom. The molecular weight excluding hydrogens is 370 g/mol. The maximum Gasteiger partial charge on any atom is 0.341 e. The summed E-state index contributed by atoms with van der Waals surface area (Å²) in [6, 6.07) is 7.72. The minimum Gasteiger partial charge on any atom is -0.462 e. The van der Waals surface area contributed by atoms with E-state index in [1.165, 1.54) is 43.4 Å². The summed E-state index contributed by atoms with van der Waals surface area (Å²) in [6.07, 6.45) is 10.5. The predicted octanol–water partition coefficient (Wildman–Crippen LogP) is 6.94. The van der Waals surface area contributed by atoms with Crippen LogP contribution in [0.5, 0.6) is 0 Å². The number of benzene rings is 1. The molecule has 1 aromatic carbocycles. The van der Waals surface area contributed by atoms with Crippen LogP contribution in [0.15, 0.2) is 24.3 Å². The zero-order valence-electron chi connectivity index (χ0n) is 17.2. The van der Waals surface area contributed by atoms with Gasteiger partial charge in [0, 0.05) is 16.5 Å². The lowest BCUT2D eigenvalue weighted by atomic mass is 10.1. The number of hydrogen-bond donors (Lipinski definition) is 1. The minimum atomic E-state index is -0.350. The monoisotopic (exact) mass is 403 g/mol. The second kappa shape index (κ2) is 12.6. The zero-order chi connectivity index (χ0) is 20.2. The summed E-state index contributed by atoms with van der Waals surface area (Å²) in [7, 11) is 0. The number of esters is 1. The molecular formula is C23H33NO3S. The smallest absolute Gasteiger partial charge is 0.341 e. The first-order valence-electron chi connectivity index (χ1n) is 10.7. The number of carbonyl (C=O) groups is 2. The molecule has 0 aliphatic carbocycles. The number of thiophene rings is 1. The first-order chi connectivity index (χ1) is 13.7. The number of carbonyl (C=O) groups excluding carboxylic acids is 2. The molecule has 4 nitrogen and oxygen atoms in total. The van der Waals surface area contributed by atoms with Crippen LogP contribution in [0, 0.1) is 0 Å². The van der Waals surface area contributed by atoms with E-state index in [-0.39, 0.29) is 11.9 Å². The van der Waals surface area contributed by atoms with Crippen molar-refractivity contribution in [3.05, 3.63) is 29.8 Å². The van der Waals surface area contributed by atoms with Crippen LogP contribution in [0.1, 0.15) is 88.4 Å². The highest BCUT2D eigenvalue weighted by molar-refractivity contribution is 7.23. The van der Waals surface area contributed by atoms with Crippen LogP contribution in [0.2, 0.25) is 0 Å². The van der Waals surface area contributed by atoms with Gasteiger partial charge in [0.25, 0.3) is 0 Å². The normalized spacial score (nSPS) is 10.9. The third kappa shape index (κ3) is 6.93. The van der Waals surface area contributed by atoms with Gasteiger partial charge in [-0.25, -0.2) is 4.79 Å². The Kier molecular flexibility index (Phi) is 10.0. The number of rotatable bonds is 13. The van der Waals surface area contributed by atoms with Gasteiger partial charge in [-0.1, -0.05) is 77.0 Å². The molecule has 1 heterocycles. The number of amides is 1. The van der Waals surface area contributed by atoms with Crippen molar-refractivity contribution in [2.24, 2.45) is 0 Å². The highest BCUT2D eigenvalue weighted by Gasteiger charge is 2.21. The summed E-state index contributed by atoms with van der Waals surface area (Å²) in [6.45, 7) is 4.68. The van der Waals surface area contributed by atoms with Crippen LogP contribution < -0.4 is 5.32 Å². The first kappa shape index (κ1) is 22.4. The largest absolute Gasteiger partial charge is 0.462 e. The Morgan fingerprint density at radius 2 is 1.61 bits per heavy atom. The van der Waals surface area contributed by atoms with Crippen LogP contribution in [-0.2, 0) is 9.53 Å². The van der Waals surface area contributed by atoms with Gasteiger partial charge in [-0.15, -0.1) is 11.3 Å². The SMILES string of the molecule is CCCCCCCCCC(=O)Nc1sc2ccccc2c1C(=O)OCCCC. The Morgan fingerprint density at radius 1 is 0.929 bits per heavy atom. The quantitative estimate of drug-likeness (QED) is 0.291. The fourth-order valence-electron chi connectivity index (χ4n) is 3.15. The fraction of sp³-hybridized carbons (Fsp3) is 0.565. The van der Waals surface area contributed by atoms with E-state index >= 15 is 0 Å². The topological polar surface area (TPSA) is 55.4 Å². The van der Waals surface area contributed by atoms with Crippen molar-refractivity contribution < 1.29 is 14.3 Å². The molecule has 28 heavy (non-hydrogen) atoms. The lowest BCUT2D eigenvalue weighted by Crippen LogP contribution is -2.14. The zero-order valence-corrected chi connectivity index (χ0v) is 18.0. The summed E-state index contributed by atoms with van der Waals surface area (Å²) in [4.78, 5) is 25.0. The van der Waals surface area contributed by atoms with E-state index in [1.807, 2.05) is 24.3 Å². The molecule has 0 fully saturated rings. The number of unbranched alkanes of at least 4 members (excludes halogenated alkanes) is 7. The molecule has 5 heteroatoms. The molecule has 2 aromatic rings. The Hall–Kier alpha value is -1.88. The first-order valence-corrected chi connectivity index (χ1v) is 11.5. The van der Waals surface area contributed by atoms with Gasteiger partial charge < -0.3 is 10.1 Å². The van der Waals surface area contributed by atoms with E-state index in [0.29, 0.717) is 23.6 Å². The third-order valence-electron chi connectivity index (χ3n) is 4.79. The van der Waals surface area contributed by atoms with Crippen molar-refractivity contribution in [3.8, 4) is 0 Å². The van der Waals surface area contributed by atoms with Crippen LogP contribution >= 0.6 is 11.3 Å². The summed E-state index contributed by atoms with van der Waals surface area (Å²) < 4.78 is 6.40. The molecule has 0 aliphatic heterocycles. The summed E-state index contributed by atoms with van der Waals surface area (Å²) in [5.74, 6) is -0.375. The standard InChI is InChI=1S/C23H33NO3S/c1-3-5-7-8-9-10-11-16-20(25)24-22-21(23(26)27-17-6-4-2)18-14-12-13-15-19(18)28-22/h12-15H,3-11,16-17H2,1-2H3,(H,24,25). The molecule has 0 radical (unpaired) electrons. The van der Waals surface area contributed by atoms with Gasteiger partial charge in [0.2, 0.25) is 5.91 Å². The lowest BCUT2D eigenvalue weighted by molar-refractivity contribution is -0.116.